The summed E-state index contributed by atoms with van der Waals surface area (Å²) in [4.78, 5) is 11.9. The molecule has 2 atom stereocenters. The highest BCUT2D eigenvalue weighted by Crippen LogP contribution is 2.17. The van der Waals surface area contributed by atoms with Gasteiger partial charge in [-0.15, -0.1) is 0 Å². The van der Waals surface area contributed by atoms with Crippen molar-refractivity contribution in [2.45, 2.75) is 39.2 Å². The lowest BCUT2D eigenvalue weighted by Crippen LogP contribution is -2.45. The van der Waals surface area contributed by atoms with Crippen LogP contribution < -0.4 is 10.6 Å². The maximum Gasteiger partial charge on any atom is 0.224 e. The van der Waals surface area contributed by atoms with E-state index in [0.717, 1.165) is 13.1 Å². The standard InChI is InChI=1S/C12H24N2O2/c1-4-12(16,5-2)8-14-11(15)10-7-13-6-9(10)3/h9-10,13,16H,4-8H2,1-3H3,(H,14,15)/t9-,10-/m1/s1. The molecule has 1 amide bonds. The van der Waals surface area contributed by atoms with E-state index >= 15 is 0 Å². The van der Waals surface area contributed by atoms with Crippen LogP contribution in [0.4, 0.5) is 0 Å². The summed E-state index contributed by atoms with van der Waals surface area (Å²) < 4.78 is 0. The van der Waals surface area contributed by atoms with Crippen LogP contribution in [0.15, 0.2) is 0 Å². The minimum absolute atomic E-state index is 0.0537. The Morgan fingerprint density at radius 3 is 2.50 bits per heavy atom. The molecule has 1 fully saturated rings. The Morgan fingerprint density at radius 2 is 2.06 bits per heavy atom. The second-order valence-electron chi connectivity index (χ2n) is 4.89. The molecule has 3 N–H and O–H groups in total. The SMILES string of the molecule is CCC(O)(CC)CNC(=O)[C@@H]1CNC[C@H]1C. The molecule has 1 rings (SSSR count). The number of carbonyl (C=O) groups excluding carboxylic acids is 1. The summed E-state index contributed by atoms with van der Waals surface area (Å²) in [7, 11) is 0. The normalized spacial score (nSPS) is 25.8. The fraction of sp³-hybridized carbons (Fsp3) is 0.917. The van der Waals surface area contributed by atoms with Gasteiger partial charge in [0.2, 0.25) is 5.91 Å². The van der Waals surface area contributed by atoms with Crippen molar-refractivity contribution in [2.24, 2.45) is 11.8 Å². The zero-order chi connectivity index (χ0) is 12.2. The molecule has 1 aliphatic rings. The highest BCUT2D eigenvalue weighted by Gasteiger charge is 2.31. The third-order valence-corrected chi connectivity index (χ3v) is 3.76. The summed E-state index contributed by atoms with van der Waals surface area (Å²) in [6.07, 6.45) is 1.34. The molecule has 0 aromatic rings. The largest absolute Gasteiger partial charge is 0.388 e. The van der Waals surface area contributed by atoms with Crippen LogP contribution in [0.2, 0.25) is 0 Å². The average molecular weight is 228 g/mol. The predicted molar refractivity (Wildman–Crippen MR) is 64.1 cm³/mol. The van der Waals surface area contributed by atoms with Crippen LogP contribution in [-0.2, 0) is 4.79 Å². The Bertz CT molecular complexity index is 239. The van der Waals surface area contributed by atoms with Crippen molar-refractivity contribution >= 4 is 5.91 Å². The molecule has 0 bridgehead atoms. The van der Waals surface area contributed by atoms with E-state index in [4.69, 9.17) is 0 Å². The third-order valence-electron chi connectivity index (χ3n) is 3.76. The van der Waals surface area contributed by atoms with Gasteiger partial charge in [-0.2, -0.15) is 0 Å². The van der Waals surface area contributed by atoms with Crippen molar-refractivity contribution in [1.29, 1.82) is 0 Å². The van der Waals surface area contributed by atoms with Crippen molar-refractivity contribution in [1.82, 2.24) is 10.6 Å². The smallest absolute Gasteiger partial charge is 0.224 e. The molecule has 94 valence electrons. The highest BCUT2D eigenvalue weighted by molar-refractivity contribution is 5.79. The van der Waals surface area contributed by atoms with Gasteiger partial charge in [0.1, 0.15) is 0 Å². The van der Waals surface area contributed by atoms with E-state index in [0.29, 0.717) is 25.3 Å². The summed E-state index contributed by atoms with van der Waals surface area (Å²) >= 11 is 0. The molecule has 0 spiro atoms. The van der Waals surface area contributed by atoms with E-state index in [2.05, 4.69) is 17.6 Å². The lowest BCUT2D eigenvalue weighted by molar-refractivity contribution is -0.126. The maximum absolute atomic E-state index is 11.9. The van der Waals surface area contributed by atoms with Gasteiger partial charge in [0.05, 0.1) is 11.5 Å². The van der Waals surface area contributed by atoms with Gasteiger partial charge in [0.25, 0.3) is 0 Å². The molecule has 4 nitrogen and oxygen atoms in total. The van der Waals surface area contributed by atoms with Crippen LogP contribution >= 0.6 is 0 Å². The van der Waals surface area contributed by atoms with Crippen LogP contribution in [0.5, 0.6) is 0 Å². The maximum atomic E-state index is 11.9. The topological polar surface area (TPSA) is 61.4 Å². The molecule has 0 aromatic carbocycles. The van der Waals surface area contributed by atoms with Crippen molar-refractivity contribution < 1.29 is 9.90 Å². The molecule has 0 unspecified atom stereocenters. The first-order valence-electron chi connectivity index (χ1n) is 6.23. The van der Waals surface area contributed by atoms with Gasteiger partial charge in [0, 0.05) is 13.1 Å². The lowest BCUT2D eigenvalue weighted by atomic mass is 9.95. The summed E-state index contributed by atoms with van der Waals surface area (Å²) in [5, 5.41) is 16.1. The van der Waals surface area contributed by atoms with Gasteiger partial charge in [-0.05, 0) is 25.3 Å². The van der Waals surface area contributed by atoms with Crippen molar-refractivity contribution in [2.75, 3.05) is 19.6 Å². The van der Waals surface area contributed by atoms with Gasteiger partial charge < -0.3 is 15.7 Å². The van der Waals surface area contributed by atoms with Crippen molar-refractivity contribution in [3.05, 3.63) is 0 Å². The molecule has 0 aliphatic carbocycles. The number of nitrogens with one attached hydrogen (secondary N) is 2. The van der Waals surface area contributed by atoms with E-state index < -0.39 is 5.60 Å². The van der Waals surface area contributed by atoms with Crippen molar-refractivity contribution in [3.63, 3.8) is 0 Å². The minimum atomic E-state index is -0.745. The minimum Gasteiger partial charge on any atom is -0.388 e. The molecule has 1 heterocycles. The van der Waals surface area contributed by atoms with Crippen LogP contribution in [0, 0.1) is 11.8 Å². The van der Waals surface area contributed by atoms with Crippen LogP contribution in [0.3, 0.4) is 0 Å². The molecule has 1 saturated heterocycles. The quantitative estimate of drug-likeness (QED) is 0.642. The number of aliphatic hydroxyl groups is 1. The van der Waals surface area contributed by atoms with E-state index in [1.54, 1.807) is 0 Å². The fourth-order valence-electron chi connectivity index (χ4n) is 2.04. The molecule has 4 heteroatoms. The average Bonchev–Trinajstić information content (AvgIpc) is 2.72. The third kappa shape index (κ3) is 3.19. The van der Waals surface area contributed by atoms with E-state index in [9.17, 15) is 9.90 Å². The molecule has 0 radical (unpaired) electrons. The first-order valence-corrected chi connectivity index (χ1v) is 6.23. The molecule has 0 aromatic heterocycles. The number of hydrogen-bond donors (Lipinski definition) is 3. The zero-order valence-corrected chi connectivity index (χ0v) is 10.5. The molecular formula is C12H24N2O2. The Morgan fingerprint density at radius 1 is 1.44 bits per heavy atom. The highest BCUT2D eigenvalue weighted by atomic mass is 16.3. The Kier molecular flexibility index (Phi) is 4.74. The van der Waals surface area contributed by atoms with Gasteiger partial charge in [-0.3, -0.25) is 4.79 Å². The lowest BCUT2D eigenvalue weighted by Gasteiger charge is -2.26. The van der Waals surface area contributed by atoms with Crippen LogP contribution in [0.1, 0.15) is 33.6 Å². The fourth-order valence-corrected chi connectivity index (χ4v) is 2.04. The van der Waals surface area contributed by atoms with E-state index in [1.807, 2.05) is 13.8 Å². The van der Waals surface area contributed by atoms with Crippen LogP contribution in [0.25, 0.3) is 0 Å². The van der Waals surface area contributed by atoms with Crippen molar-refractivity contribution in [3.8, 4) is 0 Å². The Labute approximate surface area is 97.8 Å². The van der Waals surface area contributed by atoms with E-state index in [-0.39, 0.29) is 11.8 Å². The monoisotopic (exact) mass is 228 g/mol. The number of amides is 1. The summed E-state index contributed by atoms with van der Waals surface area (Å²) in [6.45, 7) is 7.98. The number of hydrogen-bond acceptors (Lipinski definition) is 3. The summed E-state index contributed by atoms with van der Waals surface area (Å²) in [6, 6.07) is 0. The molecule has 1 aliphatic heterocycles. The first kappa shape index (κ1) is 13.5. The van der Waals surface area contributed by atoms with E-state index in [1.165, 1.54) is 0 Å². The predicted octanol–water partition coefficient (Wildman–Crippen LogP) is 0.509. The first-order chi connectivity index (χ1) is 7.52. The van der Waals surface area contributed by atoms with Crippen LogP contribution in [-0.4, -0.2) is 36.2 Å². The number of carbonyl (C=O) groups is 1. The van der Waals surface area contributed by atoms with Gasteiger partial charge in [-0.1, -0.05) is 20.8 Å². The van der Waals surface area contributed by atoms with Gasteiger partial charge in [-0.25, -0.2) is 0 Å². The second-order valence-corrected chi connectivity index (χ2v) is 4.89. The summed E-state index contributed by atoms with van der Waals surface area (Å²) in [5.74, 6) is 0.507. The number of rotatable bonds is 5. The zero-order valence-electron chi connectivity index (χ0n) is 10.5. The molecule has 0 saturated carbocycles. The molecular weight excluding hydrogens is 204 g/mol. The Balaban J connectivity index is 2.40. The Hall–Kier alpha value is -0.610. The van der Waals surface area contributed by atoms with Gasteiger partial charge >= 0.3 is 0 Å². The summed E-state index contributed by atoms with van der Waals surface area (Å²) in [5.41, 5.74) is -0.745. The van der Waals surface area contributed by atoms with Gasteiger partial charge in [0.15, 0.2) is 0 Å². The second kappa shape index (κ2) is 5.64. The molecule has 16 heavy (non-hydrogen) atoms.